The van der Waals surface area contributed by atoms with Gasteiger partial charge in [-0.2, -0.15) is 13.2 Å². The van der Waals surface area contributed by atoms with Crippen molar-refractivity contribution in [1.29, 1.82) is 0 Å². The van der Waals surface area contributed by atoms with Gasteiger partial charge in [-0.25, -0.2) is 4.79 Å². The highest BCUT2D eigenvalue weighted by Crippen LogP contribution is 2.35. The number of hydrogen-bond acceptors (Lipinski definition) is 2. The zero-order valence-electron chi connectivity index (χ0n) is 8.28. The molecular formula is C10H9F3O3. The summed E-state index contributed by atoms with van der Waals surface area (Å²) in [6, 6.07) is 4.44. The van der Waals surface area contributed by atoms with E-state index < -0.39 is 29.4 Å². The first-order valence-corrected chi connectivity index (χ1v) is 4.29. The molecular weight excluding hydrogens is 225 g/mol. The van der Waals surface area contributed by atoms with E-state index in [0.29, 0.717) is 0 Å². The number of rotatable bonds is 3. The fourth-order valence-electron chi connectivity index (χ4n) is 1.34. The molecule has 0 aliphatic heterocycles. The lowest BCUT2D eigenvalue weighted by atomic mass is 10.0. The van der Waals surface area contributed by atoms with Crippen molar-refractivity contribution in [3.8, 4) is 0 Å². The molecule has 0 saturated heterocycles. The molecule has 1 aromatic carbocycles. The first-order chi connectivity index (χ1) is 7.38. The number of aliphatic carboxylic acids is 1. The minimum absolute atomic E-state index is 0.398. The number of carboxylic acids is 1. The third-order valence-electron chi connectivity index (χ3n) is 2.01. The van der Waals surface area contributed by atoms with Crippen LogP contribution in [0.5, 0.6) is 0 Å². The zero-order valence-corrected chi connectivity index (χ0v) is 8.28. The summed E-state index contributed by atoms with van der Waals surface area (Å²) >= 11 is 0. The zero-order chi connectivity index (χ0) is 12.3. The molecule has 88 valence electrons. The largest absolute Gasteiger partial charge is 0.479 e. The average molecular weight is 234 g/mol. The molecule has 1 atom stereocenters. The molecule has 0 radical (unpaired) electrons. The van der Waals surface area contributed by atoms with Crippen LogP contribution < -0.4 is 0 Å². The standard InChI is InChI=1S/C10H9F3O3/c1-16-8(9(14)15)6-4-2-3-5-7(6)10(11,12)13/h2-5,8H,1H3,(H,14,15)/t8-/m1/s1. The second-order valence-electron chi connectivity index (χ2n) is 3.04. The van der Waals surface area contributed by atoms with E-state index in [1.165, 1.54) is 12.1 Å². The topological polar surface area (TPSA) is 46.5 Å². The monoisotopic (exact) mass is 234 g/mol. The summed E-state index contributed by atoms with van der Waals surface area (Å²) < 4.78 is 42.2. The molecule has 0 unspecified atom stereocenters. The Balaban J connectivity index is 3.27. The Bertz CT molecular complexity index is 387. The Morgan fingerprint density at radius 1 is 1.38 bits per heavy atom. The van der Waals surface area contributed by atoms with Crippen molar-refractivity contribution in [3.63, 3.8) is 0 Å². The fourth-order valence-corrected chi connectivity index (χ4v) is 1.34. The van der Waals surface area contributed by atoms with Gasteiger partial charge in [-0.1, -0.05) is 18.2 Å². The van der Waals surface area contributed by atoms with Gasteiger partial charge in [-0.3, -0.25) is 0 Å². The number of ether oxygens (including phenoxy) is 1. The van der Waals surface area contributed by atoms with Crippen LogP contribution in [0, 0.1) is 0 Å². The van der Waals surface area contributed by atoms with Crippen LogP contribution in [0.15, 0.2) is 24.3 Å². The molecule has 1 rings (SSSR count). The van der Waals surface area contributed by atoms with Gasteiger partial charge in [-0.15, -0.1) is 0 Å². The molecule has 0 aliphatic carbocycles. The number of alkyl halides is 3. The molecule has 6 heteroatoms. The maximum atomic E-state index is 12.6. The molecule has 3 nitrogen and oxygen atoms in total. The van der Waals surface area contributed by atoms with Crippen molar-refractivity contribution in [3.05, 3.63) is 35.4 Å². The smallest absolute Gasteiger partial charge is 0.416 e. The van der Waals surface area contributed by atoms with Gasteiger partial charge in [0.15, 0.2) is 6.10 Å². The number of halogens is 3. The van der Waals surface area contributed by atoms with Crippen molar-refractivity contribution >= 4 is 5.97 Å². The Labute approximate surface area is 89.5 Å². The van der Waals surface area contributed by atoms with Crippen molar-refractivity contribution in [1.82, 2.24) is 0 Å². The molecule has 0 aliphatic rings. The van der Waals surface area contributed by atoms with Gasteiger partial charge in [0.05, 0.1) is 5.56 Å². The molecule has 0 bridgehead atoms. The van der Waals surface area contributed by atoms with Crippen LogP contribution in [0.25, 0.3) is 0 Å². The van der Waals surface area contributed by atoms with Crippen molar-refractivity contribution in [2.75, 3.05) is 7.11 Å². The fraction of sp³-hybridized carbons (Fsp3) is 0.300. The summed E-state index contributed by atoms with van der Waals surface area (Å²) in [4.78, 5) is 10.7. The third-order valence-corrected chi connectivity index (χ3v) is 2.01. The second-order valence-corrected chi connectivity index (χ2v) is 3.04. The summed E-state index contributed by atoms with van der Waals surface area (Å²) in [6.07, 6.45) is -6.21. The maximum absolute atomic E-state index is 12.6. The van der Waals surface area contributed by atoms with Gasteiger partial charge in [0, 0.05) is 12.7 Å². The molecule has 0 saturated carbocycles. The van der Waals surface area contributed by atoms with E-state index in [4.69, 9.17) is 5.11 Å². The number of methoxy groups -OCH3 is 1. The number of benzene rings is 1. The van der Waals surface area contributed by atoms with Crippen molar-refractivity contribution < 1.29 is 27.8 Å². The van der Waals surface area contributed by atoms with Gasteiger partial charge >= 0.3 is 12.1 Å². The Morgan fingerprint density at radius 2 is 1.94 bits per heavy atom. The summed E-state index contributed by atoms with van der Waals surface area (Å²) in [6.45, 7) is 0. The molecule has 1 N–H and O–H groups in total. The summed E-state index contributed by atoms with van der Waals surface area (Å²) in [5.74, 6) is -1.46. The molecule has 0 amide bonds. The number of carboxylic acid groups (broad SMARTS) is 1. The highest BCUT2D eigenvalue weighted by molar-refractivity contribution is 5.75. The molecule has 16 heavy (non-hydrogen) atoms. The van der Waals surface area contributed by atoms with E-state index >= 15 is 0 Å². The van der Waals surface area contributed by atoms with Gasteiger partial charge in [0.25, 0.3) is 0 Å². The maximum Gasteiger partial charge on any atom is 0.416 e. The quantitative estimate of drug-likeness (QED) is 0.873. The predicted octanol–water partition coefficient (Wildman–Crippen LogP) is 2.48. The summed E-state index contributed by atoms with van der Waals surface area (Å²) in [5, 5.41) is 8.72. The van der Waals surface area contributed by atoms with E-state index in [2.05, 4.69) is 4.74 Å². The Kier molecular flexibility index (Phi) is 3.54. The first kappa shape index (κ1) is 12.5. The molecule has 0 fully saturated rings. The van der Waals surface area contributed by atoms with Crippen molar-refractivity contribution in [2.24, 2.45) is 0 Å². The highest BCUT2D eigenvalue weighted by Gasteiger charge is 2.36. The van der Waals surface area contributed by atoms with E-state index in [-0.39, 0.29) is 0 Å². The second kappa shape index (κ2) is 4.52. The minimum Gasteiger partial charge on any atom is -0.479 e. The first-order valence-electron chi connectivity index (χ1n) is 4.29. The molecule has 1 aromatic rings. The molecule has 0 heterocycles. The predicted molar refractivity (Wildman–Crippen MR) is 48.8 cm³/mol. The summed E-state index contributed by atoms with van der Waals surface area (Å²) in [7, 11) is 1.05. The normalized spacial score (nSPS) is 13.5. The summed E-state index contributed by atoms with van der Waals surface area (Å²) in [5.41, 5.74) is -1.39. The van der Waals surface area contributed by atoms with Crippen LogP contribution >= 0.6 is 0 Å². The van der Waals surface area contributed by atoms with E-state index in [0.717, 1.165) is 19.2 Å². The van der Waals surface area contributed by atoms with E-state index in [9.17, 15) is 18.0 Å². The van der Waals surface area contributed by atoms with Gasteiger partial charge in [0.1, 0.15) is 0 Å². The lowest BCUT2D eigenvalue weighted by Gasteiger charge is -2.16. The highest BCUT2D eigenvalue weighted by atomic mass is 19.4. The Morgan fingerprint density at radius 3 is 2.38 bits per heavy atom. The van der Waals surface area contributed by atoms with E-state index in [1.54, 1.807) is 0 Å². The van der Waals surface area contributed by atoms with Crippen LogP contribution in [-0.2, 0) is 15.7 Å². The average Bonchev–Trinajstić information content (AvgIpc) is 2.17. The molecule has 0 spiro atoms. The van der Waals surface area contributed by atoms with Crippen LogP contribution in [0.3, 0.4) is 0 Å². The van der Waals surface area contributed by atoms with Crippen molar-refractivity contribution in [2.45, 2.75) is 12.3 Å². The van der Waals surface area contributed by atoms with Gasteiger partial charge in [-0.05, 0) is 6.07 Å². The van der Waals surface area contributed by atoms with Crippen LogP contribution in [-0.4, -0.2) is 18.2 Å². The van der Waals surface area contributed by atoms with E-state index in [1.807, 2.05) is 0 Å². The minimum atomic E-state index is -4.59. The number of carbonyl (C=O) groups is 1. The number of hydrogen-bond donors (Lipinski definition) is 1. The lowest BCUT2D eigenvalue weighted by molar-refractivity contribution is -0.151. The van der Waals surface area contributed by atoms with Gasteiger partial charge < -0.3 is 9.84 Å². The lowest BCUT2D eigenvalue weighted by Crippen LogP contribution is -2.19. The molecule has 0 aromatic heterocycles. The van der Waals surface area contributed by atoms with Crippen LogP contribution in [0.2, 0.25) is 0 Å². The Hall–Kier alpha value is -1.56. The van der Waals surface area contributed by atoms with Gasteiger partial charge in [0.2, 0.25) is 0 Å². The van der Waals surface area contributed by atoms with Crippen LogP contribution in [0.1, 0.15) is 17.2 Å². The third kappa shape index (κ3) is 2.52. The SMILES string of the molecule is CO[C@@H](C(=O)O)c1ccccc1C(F)(F)F. The van der Waals surface area contributed by atoms with Crippen LogP contribution in [0.4, 0.5) is 13.2 Å².